The van der Waals surface area contributed by atoms with Crippen LogP contribution >= 0.6 is 0 Å². The molecule has 4 nitrogen and oxygen atoms in total. The largest absolute Gasteiger partial charge is 0.493 e. The number of benzene rings is 2. The minimum Gasteiger partial charge on any atom is -0.493 e. The van der Waals surface area contributed by atoms with Crippen molar-refractivity contribution in [3.8, 4) is 11.5 Å². The topological polar surface area (TPSA) is 44.8 Å². The molecule has 0 radical (unpaired) electrons. The Kier molecular flexibility index (Phi) is 14.6. The van der Waals surface area contributed by atoms with Crippen LogP contribution in [0.4, 0.5) is 0 Å². The number of carbonyl (C=O) groups excluding carboxylic acids is 1. The molecule has 0 amide bonds. The summed E-state index contributed by atoms with van der Waals surface area (Å²) in [5.74, 6) is 0.855. The number of ether oxygens (including phenoxy) is 3. The zero-order valence-corrected chi connectivity index (χ0v) is 21.4. The second kappa shape index (κ2) is 17.9. The Bertz CT molecular complexity index is 788. The lowest BCUT2D eigenvalue weighted by Gasteiger charge is -2.12. The molecule has 0 N–H and O–H groups in total. The first-order valence-electron chi connectivity index (χ1n) is 13.3. The third-order valence-electron chi connectivity index (χ3n) is 6.07. The van der Waals surface area contributed by atoms with Crippen molar-refractivity contribution in [3.05, 3.63) is 59.7 Å². The number of carbonyl (C=O) groups is 1. The Morgan fingerprint density at radius 3 is 1.76 bits per heavy atom. The lowest BCUT2D eigenvalue weighted by molar-refractivity contribution is 0.0599. The smallest absolute Gasteiger partial charge is 0.338 e. The summed E-state index contributed by atoms with van der Waals surface area (Å²) in [4.78, 5) is 12.1. The van der Waals surface area contributed by atoms with Gasteiger partial charge in [0.2, 0.25) is 0 Å². The first kappa shape index (κ1) is 27.8. The molecule has 0 aliphatic carbocycles. The van der Waals surface area contributed by atoms with Crippen molar-refractivity contribution in [3.63, 3.8) is 0 Å². The SMILES string of the molecule is CCCCCCCCCCCCCCCOc1cc(OCc2ccccc2)cc(C(=O)OC)c1. The fraction of sp³-hybridized carbons (Fsp3) is 0.567. The highest BCUT2D eigenvalue weighted by Gasteiger charge is 2.11. The molecule has 0 aliphatic rings. The third kappa shape index (κ3) is 12.1. The summed E-state index contributed by atoms with van der Waals surface area (Å²) in [5.41, 5.74) is 1.51. The van der Waals surface area contributed by atoms with E-state index in [4.69, 9.17) is 14.2 Å². The molecule has 2 rings (SSSR count). The van der Waals surface area contributed by atoms with Gasteiger partial charge in [-0.05, 0) is 24.1 Å². The van der Waals surface area contributed by atoms with Crippen LogP contribution < -0.4 is 9.47 Å². The lowest BCUT2D eigenvalue weighted by Crippen LogP contribution is -2.05. The Labute approximate surface area is 207 Å². The van der Waals surface area contributed by atoms with Crippen molar-refractivity contribution in [1.29, 1.82) is 0 Å². The fourth-order valence-electron chi connectivity index (χ4n) is 4.02. The molecule has 0 aliphatic heterocycles. The number of hydrogen-bond donors (Lipinski definition) is 0. The van der Waals surface area contributed by atoms with Crippen LogP contribution in [-0.4, -0.2) is 19.7 Å². The summed E-state index contributed by atoms with van der Waals surface area (Å²) in [6, 6.07) is 15.2. The van der Waals surface area contributed by atoms with Gasteiger partial charge >= 0.3 is 5.97 Å². The van der Waals surface area contributed by atoms with Crippen LogP contribution in [0.15, 0.2) is 48.5 Å². The monoisotopic (exact) mass is 468 g/mol. The van der Waals surface area contributed by atoms with Crippen molar-refractivity contribution < 1.29 is 19.0 Å². The van der Waals surface area contributed by atoms with Gasteiger partial charge in [-0.2, -0.15) is 0 Å². The van der Waals surface area contributed by atoms with E-state index in [1.54, 1.807) is 12.1 Å². The molecule has 2 aromatic rings. The number of esters is 1. The number of hydrogen-bond acceptors (Lipinski definition) is 4. The fourth-order valence-corrected chi connectivity index (χ4v) is 4.02. The van der Waals surface area contributed by atoms with Gasteiger partial charge < -0.3 is 14.2 Å². The molecule has 0 saturated carbocycles. The van der Waals surface area contributed by atoms with E-state index < -0.39 is 5.97 Å². The van der Waals surface area contributed by atoms with Crippen LogP contribution in [0, 0.1) is 0 Å². The van der Waals surface area contributed by atoms with Crippen molar-refractivity contribution in [2.24, 2.45) is 0 Å². The van der Waals surface area contributed by atoms with Crippen LogP contribution in [0.2, 0.25) is 0 Å². The molecule has 0 atom stereocenters. The van der Waals surface area contributed by atoms with Gasteiger partial charge in [-0.1, -0.05) is 114 Å². The second-order valence-corrected chi connectivity index (χ2v) is 9.05. The van der Waals surface area contributed by atoms with Gasteiger partial charge in [0, 0.05) is 6.07 Å². The van der Waals surface area contributed by atoms with Crippen molar-refractivity contribution in [2.45, 2.75) is 97.0 Å². The van der Waals surface area contributed by atoms with Crippen molar-refractivity contribution in [1.82, 2.24) is 0 Å². The molecule has 0 unspecified atom stereocenters. The van der Waals surface area contributed by atoms with Crippen molar-refractivity contribution >= 4 is 5.97 Å². The van der Waals surface area contributed by atoms with E-state index in [0.717, 1.165) is 12.0 Å². The van der Waals surface area contributed by atoms with Gasteiger partial charge in [0.05, 0.1) is 19.3 Å². The highest BCUT2D eigenvalue weighted by Crippen LogP contribution is 2.25. The molecule has 2 aromatic carbocycles. The molecule has 0 fully saturated rings. The molecular weight excluding hydrogens is 424 g/mol. The molecule has 34 heavy (non-hydrogen) atoms. The molecule has 0 bridgehead atoms. The normalized spacial score (nSPS) is 10.8. The highest BCUT2D eigenvalue weighted by atomic mass is 16.5. The minimum absolute atomic E-state index is 0.393. The summed E-state index contributed by atoms with van der Waals surface area (Å²) >= 11 is 0. The molecule has 4 heteroatoms. The summed E-state index contributed by atoms with van der Waals surface area (Å²) in [5, 5.41) is 0. The third-order valence-corrected chi connectivity index (χ3v) is 6.07. The quantitative estimate of drug-likeness (QED) is 0.153. The van der Waals surface area contributed by atoms with Crippen LogP contribution in [-0.2, 0) is 11.3 Å². The van der Waals surface area contributed by atoms with Crippen LogP contribution in [0.5, 0.6) is 11.5 Å². The van der Waals surface area contributed by atoms with Crippen molar-refractivity contribution in [2.75, 3.05) is 13.7 Å². The standard InChI is InChI=1S/C30H44O4/c1-3-4-5-6-7-8-9-10-11-12-13-14-18-21-33-28-22-27(30(31)32-2)23-29(24-28)34-25-26-19-16-15-17-20-26/h15-17,19-20,22-24H,3-14,18,21,25H2,1-2H3. The zero-order chi connectivity index (χ0) is 24.3. The lowest BCUT2D eigenvalue weighted by atomic mass is 10.0. The molecule has 0 heterocycles. The van der Waals surface area contributed by atoms with E-state index in [2.05, 4.69) is 6.92 Å². The van der Waals surface area contributed by atoms with E-state index in [1.165, 1.54) is 84.2 Å². The highest BCUT2D eigenvalue weighted by molar-refractivity contribution is 5.90. The predicted octanol–water partition coefficient (Wildman–Crippen LogP) is 8.52. The number of unbranched alkanes of at least 4 members (excludes halogenated alkanes) is 12. The summed E-state index contributed by atoms with van der Waals surface area (Å²) in [6.07, 6.45) is 17.2. The number of methoxy groups -OCH3 is 1. The van der Waals surface area contributed by atoms with Crippen LogP contribution in [0.3, 0.4) is 0 Å². The molecule has 0 saturated heterocycles. The number of rotatable bonds is 19. The first-order valence-corrected chi connectivity index (χ1v) is 13.3. The maximum absolute atomic E-state index is 12.1. The zero-order valence-electron chi connectivity index (χ0n) is 21.4. The average Bonchev–Trinajstić information content (AvgIpc) is 2.87. The minimum atomic E-state index is -0.393. The summed E-state index contributed by atoms with van der Waals surface area (Å²) in [6.45, 7) is 3.35. The van der Waals surface area contributed by atoms with Crippen LogP contribution in [0.25, 0.3) is 0 Å². The van der Waals surface area contributed by atoms with E-state index in [0.29, 0.717) is 30.3 Å². The van der Waals surface area contributed by atoms with E-state index in [-0.39, 0.29) is 0 Å². The van der Waals surface area contributed by atoms with E-state index in [9.17, 15) is 4.79 Å². The first-order chi connectivity index (χ1) is 16.7. The molecule has 0 aromatic heterocycles. The Hall–Kier alpha value is -2.49. The van der Waals surface area contributed by atoms with Crippen LogP contribution in [0.1, 0.15) is 106 Å². The Balaban J connectivity index is 1.63. The summed E-state index contributed by atoms with van der Waals surface area (Å²) in [7, 11) is 1.38. The van der Waals surface area contributed by atoms with Gasteiger partial charge in [-0.3, -0.25) is 0 Å². The van der Waals surface area contributed by atoms with Gasteiger partial charge in [-0.15, -0.1) is 0 Å². The van der Waals surface area contributed by atoms with E-state index >= 15 is 0 Å². The summed E-state index contributed by atoms with van der Waals surface area (Å²) < 4.78 is 16.7. The molecule has 0 spiro atoms. The molecular formula is C30H44O4. The predicted molar refractivity (Wildman–Crippen MR) is 140 cm³/mol. The maximum atomic E-state index is 12.1. The Morgan fingerprint density at radius 2 is 1.21 bits per heavy atom. The van der Waals surface area contributed by atoms with Gasteiger partial charge in [0.15, 0.2) is 0 Å². The molecule has 188 valence electrons. The second-order valence-electron chi connectivity index (χ2n) is 9.05. The maximum Gasteiger partial charge on any atom is 0.338 e. The Morgan fingerprint density at radius 1 is 0.676 bits per heavy atom. The van der Waals surface area contributed by atoms with Gasteiger partial charge in [-0.25, -0.2) is 4.79 Å². The van der Waals surface area contributed by atoms with E-state index in [1.807, 2.05) is 36.4 Å². The van der Waals surface area contributed by atoms with Gasteiger partial charge in [0.1, 0.15) is 18.1 Å². The van der Waals surface area contributed by atoms with Gasteiger partial charge in [0.25, 0.3) is 0 Å². The average molecular weight is 469 g/mol.